The van der Waals surface area contributed by atoms with Crippen LogP contribution in [-0.4, -0.2) is 16.9 Å². The Kier molecular flexibility index (Phi) is 7.02. The number of hydrogen-bond donors (Lipinski definition) is 0. The Labute approximate surface area is 247 Å². The van der Waals surface area contributed by atoms with Gasteiger partial charge >= 0.3 is 0 Å². The standard InChI is InChI=1S/C33H23N4O2.Pt/c1-35-18-19-36(23-35)25-12-9-13-27(20-25)38-30-21-26(22-31-33(30)28-14-5-6-15-29(28)39-31)37(24-10-3-2-4-11-24)32-16-7-8-17-34-32;/h2-19,22-23H,1H3;/q-3;. The normalized spacial score (nSPS) is 12.6. The van der Waals surface area contributed by atoms with Gasteiger partial charge in [-0.2, -0.15) is 12.7 Å². The molecule has 200 valence electrons. The molecule has 0 saturated heterocycles. The number of benzene rings is 4. The largest absolute Gasteiger partial charge is 0.510 e. The molecule has 3 heterocycles. The summed E-state index contributed by atoms with van der Waals surface area (Å²) in [5, 5.41) is 1.82. The zero-order valence-corrected chi connectivity index (χ0v) is 23.7. The second kappa shape index (κ2) is 10.9. The van der Waals surface area contributed by atoms with E-state index in [0.717, 1.165) is 39.2 Å². The summed E-state index contributed by atoms with van der Waals surface area (Å²) >= 11 is 0. The van der Waals surface area contributed by atoms with Crippen molar-refractivity contribution in [2.24, 2.45) is 0 Å². The average Bonchev–Trinajstić information content (AvgIpc) is 3.58. The molecule has 0 radical (unpaired) electrons. The van der Waals surface area contributed by atoms with E-state index in [1.54, 1.807) is 6.20 Å². The zero-order chi connectivity index (χ0) is 26.2. The number of aromatic nitrogens is 1. The molecule has 6 aromatic rings. The minimum absolute atomic E-state index is 0. The van der Waals surface area contributed by atoms with Crippen LogP contribution in [0.3, 0.4) is 0 Å². The molecule has 0 unspecified atom stereocenters. The maximum Gasteiger partial charge on any atom is 0.135 e. The Morgan fingerprint density at radius 1 is 0.850 bits per heavy atom. The second-order valence-corrected chi connectivity index (χ2v) is 9.17. The number of anilines is 4. The number of ether oxygens (including phenoxy) is 1. The van der Waals surface area contributed by atoms with Gasteiger partial charge in [-0.25, -0.2) is 4.98 Å². The quantitative estimate of drug-likeness (QED) is 0.163. The SMILES string of the molecule is CN1C=CN(c2[c-]c(Oc3[c-]c(N(c4ccccc4)c4ccccn4)cc4oc5ccccc5c34)ccc2)[CH-]1.[Pt]. The van der Waals surface area contributed by atoms with Crippen molar-refractivity contribution in [3.63, 3.8) is 0 Å². The molecule has 1 aliphatic heterocycles. The molecular weight excluding hydrogens is 679 g/mol. The third-order valence-electron chi connectivity index (χ3n) is 6.50. The molecule has 1 aliphatic rings. The summed E-state index contributed by atoms with van der Waals surface area (Å²) in [6.07, 6.45) is 5.74. The minimum Gasteiger partial charge on any atom is -0.510 e. The van der Waals surface area contributed by atoms with E-state index in [-0.39, 0.29) is 21.1 Å². The molecule has 2 aromatic heterocycles. The van der Waals surface area contributed by atoms with Gasteiger partial charge in [-0.3, -0.25) is 0 Å². The van der Waals surface area contributed by atoms with Crippen molar-refractivity contribution in [1.82, 2.24) is 9.88 Å². The summed E-state index contributed by atoms with van der Waals surface area (Å²) in [5.41, 5.74) is 4.05. The maximum absolute atomic E-state index is 6.55. The van der Waals surface area contributed by atoms with Gasteiger partial charge in [0.15, 0.2) is 0 Å². The van der Waals surface area contributed by atoms with Crippen LogP contribution in [0, 0.1) is 18.8 Å². The molecule has 0 saturated carbocycles. The van der Waals surface area contributed by atoms with E-state index in [1.165, 1.54) is 0 Å². The topological polar surface area (TPSA) is 45.0 Å². The van der Waals surface area contributed by atoms with Gasteiger partial charge in [-0.1, -0.05) is 48.2 Å². The van der Waals surface area contributed by atoms with Crippen LogP contribution in [0.15, 0.2) is 120 Å². The fourth-order valence-electron chi connectivity index (χ4n) is 4.74. The number of para-hydroxylation sites is 2. The predicted molar refractivity (Wildman–Crippen MR) is 154 cm³/mol. The number of pyridine rings is 1. The number of nitrogens with zero attached hydrogens (tertiary/aromatic N) is 4. The van der Waals surface area contributed by atoms with Crippen LogP contribution in [0.4, 0.5) is 22.9 Å². The number of furan rings is 1. The van der Waals surface area contributed by atoms with E-state index in [1.807, 2.05) is 138 Å². The summed E-state index contributed by atoms with van der Waals surface area (Å²) in [6, 6.07) is 38.7. The smallest absolute Gasteiger partial charge is 0.135 e. The van der Waals surface area contributed by atoms with Gasteiger partial charge in [0, 0.05) is 50.0 Å². The Balaban J connectivity index is 0.00000289. The first-order valence-corrected chi connectivity index (χ1v) is 12.6. The molecule has 7 rings (SSSR count). The molecule has 4 aromatic carbocycles. The van der Waals surface area contributed by atoms with Gasteiger partial charge in [0.2, 0.25) is 0 Å². The van der Waals surface area contributed by atoms with E-state index < -0.39 is 0 Å². The van der Waals surface area contributed by atoms with E-state index >= 15 is 0 Å². The maximum atomic E-state index is 6.55. The summed E-state index contributed by atoms with van der Waals surface area (Å²) in [5.74, 6) is 1.89. The van der Waals surface area contributed by atoms with Crippen molar-refractivity contribution in [2.45, 2.75) is 0 Å². The summed E-state index contributed by atoms with van der Waals surface area (Å²) in [4.78, 5) is 10.7. The molecular formula is C33H23N4O2Pt-3. The van der Waals surface area contributed by atoms with Gasteiger partial charge in [0.05, 0.1) is 0 Å². The van der Waals surface area contributed by atoms with Crippen LogP contribution in [0.25, 0.3) is 21.9 Å². The van der Waals surface area contributed by atoms with Crippen molar-refractivity contribution in [2.75, 3.05) is 16.8 Å². The van der Waals surface area contributed by atoms with Crippen molar-refractivity contribution in [1.29, 1.82) is 0 Å². The summed E-state index contributed by atoms with van der Waals surface area (Å²) in [7, 11) is 1.98. The molecule has 6 nitrogen and oxygen atoms in total. The number of rotatable bonds is 6. The number of hydrogen-bond acceptors (Lipinski definition) is 6. The third-order valence-corrected chi connectivity index (χ3v) is 6.50. The molecule has 0 atom stereocenters. The van der Waals surface area contributed by atoms with E-state index in [2.05, 4.69) is 17.1 Å². The fraction of sp³-hybridized carbons (Fsp3) is 0.0303. The average molecular weight is 703 g/mol. The first-order valence-electron chi connectivity index (χ1n) is 12.6. The summed E-state index contributed by atoms with van der Waals surface area (Å²) < 4.78 is 12.9. The van der Waals surface area contributed by atoms with Crippen LogP contribution < -0.4 is 14.5 Å². The van der Waals surface area contributed by atoms with Crippen LogP contribution in [0.5, 0.6) is 11.5 Å². The van der Waals surface area contributed by atoms with Crippen molar-refractivity contribution < 1.29 is 30.2 Å². The van der Waals surface area contributed by atoms with E-state index in [9.17, 15) is 0 Å². The summed E-state index contributed by atoms with van der Waals surface area (Å²) in [6.45, 7) is 1.98. The van der Waals surface area contributed by atoms with Crippen LogP contribution in [-0.2, 0) is 21.1 Å². The monoisotopic (exact) mass is 702 g/mol. The molecule has 0 spiro atoms. The zero-order valence-electron chi connectivity index (χ0n) is 21.5. The van der Waals surface area contributed by atoms with Gasteiger partial charge < -0.3 is 23.9 Å². The number of fused-ring (bicyclic) bond motifs is 3. The van der Waals surface area contributed by atoms with Gasteiger partial charge in [0.25, 0.3) is 0 Å². The molecule has 40 heavy (non-hydrogen) atoms. The minimum atomic E-state index is 0. The van der Waals surface area contributed by atoms with Gasteiger partial charge in [-0.15, -0.1) is 36.0 Å². The van der Waals surface area contributed by atoms with Crippen LogP contribution in [0.1, 0.15) is 0 Å². The Hall–Kier alpha value is -4.54. The Morgan fingerprint density at radius 3 is 2.48 bits per heavy atom. The molecule has 7 heteroatoms. The first-order chi connectivity index (χ1) is 19.2. The fourth-order valence-corrected chi connectivity index (χ4v) is 4.74. The molecule has 0 aliphatic carbocycles. The van der Waals surface area contributed by atoms with Crippen LogP contribution in [0.2, 0.25) is 0 Å². The molecule has 0 amide bonds. The third kappa shape index (κ3) is 4.83. The second-order valence-electron chi connectivity index (χ2n) is 9.17. The first kappa shape index (κ1) is 25.7. The van der Waals surface area contributed by atoms with Gasteiger partial charge in [-0.05, 0) is 60.6 Å². The van der Waals surface area contributed by atoms with Crippen molar-refractivity contribution >= 4 is 44.8 Å². The van der Waals surface area contributed by atoms with Crippen molar-refractivity contribution in [3.05, 3.63) is 134 Å². The van der Waals surface area contributed by atoms with E-state index in [4.69, 9.17) is 9.15 Å². The Morgan fingerprint density at radius 2 is 1.68 bits per heavy atom. The van der Waals surface area contributed by atoms with Crippen molar-refractivity contribution in [3.8, 4) is 11.5 Å². The molecule has 0 bridgehead atoms. The Bertz CT molecular complexity index is 1760. The van der Waals surface area contributed by atoms with E-state index in [0.29, 0.717) is 17.1 Å². The van der Waals surface area contributed by atoms with Crippen LogP contribution >= 0.6 is 0 Å². The van der Waals surface area contributed by atoms with Gasteiger partial charge in [0.1, 0.15) is 11.4 Å². The molecule has 0 fully saturated rings. The predicted octanol–water partition coefficient (Wildman–Crippen LogP) is 8.18. The molecule has 0 N–H and O–H groups in total.